The van der Waals surface area contributed by atoms with E-state index < -0.39 is 0 Å². The molecule has 6 heterocycles. The van der Waals surface area contributed by atoms with E-state index in [1.165, 1.54) is 12.8 Å². The number of pyridine rings is 1. The maximum atomic E-state index is 13.9. The first kappa shape index (κ1) is 28.5. The summed E-state index contributed by atoms with van der Waals surface area (Å²) in [6, 6.07) is 10.3. The van der Waals surface area contributed by atoms with Gasteiger partial charge < -0.3 is 34.1 Å². The number of ether oxygens (including phenoxy) is 2. The first-order chi connectivity index (χ1) is 23.0. The van der Waals surface area contributed by atoms with Gasteiger partial charge in [0.25, 0.3) is 5.91 Å². The second-order valence-electron chi connectivity index (χ2n) is 13.7. The molecule has 4 aliphatic rings. The predicted octanol–water partition coefficient (Wildman–Crippen LogP) is 3.97. The molecule has 47 heavy (non-hydrogen) atoms. The van der Waals surface area contributed by atoms with Crippen molar-refractivity contribution in [3.05, 3.63) is 54.5 Å². The van der Waals surface area contributed by atoms with Gasteiger partial charge in [0.1, 0.15) is 22.7 Å². The molecule has 2 aliphatic carbocycles. The number of aromatic nitrogens is 6. The summed E-state index contributed by atoms with van der Waals surface area (Å²) in [6.07, 6.45) is 9.81. The lowest BCUT2D eigenvalue weighted by molar-refractivity contribution is 0.0700. The van der Waals surface area contributed by atoms with Crippen LogP contribution in [0.25, 0.3) is 33.6 Å². The van der Waals surface area contributed by atoms with Gasteiger partial charge in [-0.3, -0.25) is 4.79 Å². The zero-order chi connectivity index (χ0) is 31.8. The molecule has 3 atom stereocenters. The Balaban J connectivity index is 1.12. The Labute approximate surface area is 272 Å². The molecular formula is C35H39N9O3. The van der Waals surface area contributed by atoms with Crippen LogP contribution in [0, 0.1) is 17.8 Å². The van der Waals surface area contributed by atoms with Crippen LogP contribution in [-0.4, -0.2) is 85.8 Å². The van der Waals surface area contributed by atoms with E-state index in [4.69, 9.17) is 25.2 Å². The average molecular weight is 634 g/mol. The number of methoxy groups -OCH3 is 2. The Kier molecular flexibility index (Phi) is 6.63. The molecule has 242 valence electrons. The number of anilines is 1. The van der Waals surface area contributed by atoms with Crippen LogP contribution in [-0.2, 0) is 13.1 Å². The number of hydrogen-bond donors (Lipinski definition) is 1. The summed E-state index contributed by atoms with van der Waals surface area (Å²) in [5.74, 6) is 4.24. The summed E-state index contributed by atoms with van der Waals surface area (Å²) < 4.78 is 15.9. The molecule has 0 radical (unpaired) electrons. The summed E-state index contributed by atoms with van der Waals surface area (Å²) >= 11 is 0. The van der Waals surface area contributed by atoms with Crippen molar-refractivity contribution in [3.8, 4) is 23.1 Å². The highest BCUT2D eigenvalue weighted by Crippen LogP contribution is 2.41. The Morgan fingerprint density at radius 3 is 2.49 bits per heavy atom. The molecule has 2 N–H and O–H groups in total. The quantitative estimate of drug-likeness (QED) is 0.256. The zero-order valence-corrected chi connectivity index (χ0v) is 26.7. The molecule has 9 rings (SSSR count). The van der Waals surface area contributed by atoms with E-state index in [0.717, 1.165) is 85.0 Å². The van der Waals surface area contributed by atoms with E-state index in [0.29, 0.717) is 34.9 Å². The van der Waals surface area contributed by atoms with E-state index in [9.17, 15) is 4.79 Å². The molecule has 2 saturated heterocycles. The molecule has 2 aliphatic heterocycles. The summed E-state index contributed by atoms with van der Waals surface area (Å²) in [7, 11) is 3.27. The summed E-state index contributed by atoms with van der Waals surface area (Å²) in [5.41, 5.74) is 10.7. The van der Waals surface area contributed by atoms with Crippen LogP contribution in [0.15, 0.2) is 48.9 Å². The number of fused-ring (bicyclic) bond motifs is 4. The highest BCUT2D eigenvalue weighted by molar-refractivity contribution is 6.00. The Morgan fingerprint density at radius 2 is 1.79 bits per heavy atom. The lowest BCUT2D eigenvalue weighted by Crippen LogP contribution is -2.49. The third-order valence-corrected chi connectivity index (χ3v) is 10.8. The van der Waals surface area contributed by atoms with E-state index in [1.54, 1.807) is 26.6 Å². The minimum Gasteiger partial charge on any atom is -0.494 e. The molecule has 2 saturated carbocycles. The number of carbonyl (C=O) groups is 1. The number of likely N-dealkylation sites (tertiary alicyclic amines) is 1. The van der Waals surface area contributed by atoms with E-state index in [-0.39, 0.29) is 18.0 Å². The van der Waals surface area contributed by atoms with Crippen molar-refractivity contribution in [3.63, 3.8) is 0 Å². The molecule has 0 unspecified atom stereocenters. The van der Waals surface area contributed by atoms with Crippen molar-refractivity contribution in [2.75, 3.05) is 38.8 Å². The molecule has 0 spiro atoms. The highest BCUT2D eigenvalue weighted by Gasteiger charge is 2.47. The van der Waals surface area contributed by atoms with Gasteiger partial charge in [-0.2, -0.15) is 0 Å². The van der Waals surface area contributed by atoms with Crippen LogP contribution in [0.3, 0.4) is 0 Å². The fourth-order valence-corrected chi connectivity index (χ4v) is 8.05. The molecule has 4 fully saturated rings. The molecule has 1 amide bonds. The Hall–Kier alpha value is -4.71. The largest absolute Gasteiger partial charge is 0.494 e. The van der Waals surface area contributed by atoms with Crippen LogP contribution < -0.4 is 20.1 Å². The number of nitrogens with two attached hydrogens (primary N) is 1. The molecule has 1 aromatic carbocycles. The monoisotopic (exact) mass is 633 g/mol. The minimum absolute atomic E-state index is 0.00577. The van der Waals surface area contributed by atoms with Crippen LogP contribution in [0.4, 0.5) is 5.82 Å². The van der Waals surface area contributed by atoms with Gasteiger partial charge in [0.2, 0.25) is 5.88 Å². The molecule has 4 aromatic heterocycles. The molecule has 12 heteroatoms. The summed E-state index contributed by atoms with van der Waals surface area (Å²) in [5, 5.41) is 1.10. The van der Waals surface area contributed by atoms with Crippen molar-refractivity contribution in [1.29, 1.82) is 0 Å². The van der Waals surface area contributed by atoms with Crippen LogP contribution in [0.2, 0.25) is 0 Å². The maximum Gasteiger partial charge on any atom is 0.254 e. The topological polar surface area (TPSA) is 129 Å². The Bertz CT molecular complexity index is 1990. The van der Waals surface area contributed by atoms with Gasteiger partial charge in [-0.25, -0.2) is 19.9 Å². The molecule has 5 aromatic rings. The van der Waals surface area contributed by atoms with Gasteiger partial charge in [-0.05, 0) is 67.9 Å². The van der Waals surface area contributed by atoms with Gasteiger partial charge >= 0.3 is 0 Å². The van der Waals surface area contributed by atoms with E-state index in [2.05, 4.69) is 36.1 Å². The minimum atomic E-state index is 0.00577. The van der Waals surface area contributed by atoms with Gasteiger partial charge in [0.05, 0.1) is 37.8 Å². The number of nitrogens with zero attached hydrogens (tertiary/aromatic N) is 8. The fourth-order valence-electron chi connectivity index (χ4n) is 8.05. The normalized spacial score (nSPS) is 22.4. The van der Waals surface area contributed by atoms with Crippen molar-refractivity contribution in [2.24, 2.45) is 23.5 Å². The van der Waals surface area contributed by atoms with E-state index in [1.807, 2.05) is 29.3 Å². The summed E-state index contributed by atoms with van der Waals surface area (Å²) in [4.78, 5) is 37.1. The average Bonchev–Trinajstić information content (AvgIpc) is 3.44. The number of amides is 1. The third-order valence-electron chi connectivity index (χ3n) is 10.8. The smallest absolute Gasteiger partial charge is 0.254 e. The van der Waals surface area contributed by atoms with Crippen LogP contribution in [0.1, 0.15) is 36.0 Å². The first-order valence-corrected chi connectivity index (χ1v) is 16.7. The van der Waals surface area contributed by atoms with Gasteiger partial charge in [0, 0.05) is 67.9 Å². The first-order valence-electron chi connectivity index (χ1n) is 16.7. The van der Waals surface area contributed by atoms with Crippen molar-refractivity contribution < 1.29 is 14.3 Å². The maximum absolute atomic E-state index is 13.9. The van der Waals surface area contributed by atoms with Crippen LogP contribution in [0.5, 0.6) is 11.6 Å². The Morgan fingerprint density at radius 1 is 0.936 bits per heavy atom. The van der Waals surface area contributed by atoms with Crippen molar-refractivity contribution in [2.45, 2.75) is 50.9 Å². The third kappa shape index (κ3) is 4.71. The number of carbonyl (C=O) groups excluding carboxylic acids is 1. The number of benzene rings is 1. The SMILES string of the molecule is COc1cnc(N2CC(Cn3c(-c4cc5cccnc5n4CC4CC4)nc4cc(C(=O)N5C[C@H]6CC[C@@H]5[C@@H]6N)cc(OC)c43)C2)cn1. The fraction of sp³-hybridized carbons (Fsp3) is 0.457. The van der Waals surface area contributed by atoms with Crippen molar-refractivity contribution >= 4 is 33.8 Å². The summed E-state index contributed by atoms with van der Waals surface area (Å²) in [6.45, 7) is 4.03. The lowest BCUT2D eigenvalue weighted by atomic mass is 10.00. The second kappa shape index (κ2) is 10.9. The predicted molar refractivity (Wildman–Crippen MR) is 178 cm³/mol. The number of piperidine rings is 1. The number of hydrogen-bond acceptors (Lipinski definition) is 9. The zero-order valence-electron chi connectivity index (χ0n) is 26.7. The number of imidazole rings is 1. The van der Waals surface area contributed by atoms with E-state index >= 15 is 0 Å². The number of rotatable bonds is 9. The molecule has 2 bridgehead atoms. The molecular weight excluding hydrogens is 594 g/mol. The van der Waals surface area contributed by atoms with Crippen LogP contribution >= 0.6 is 0 Å². The standard InChI is InChI=1S/C35H39N9O3/c1-46-28-12-24(35(45)43-19-23-7-8-26(43)31(23)36)10-25-32(28)44(18-21-15-41(16-21)29-13-39-30(47-2)14-38-29)34(40-25)27-11-22-4-3-9-37-33(22)42(27)17-20-5-6-20/h3-4,9-14,20-21,23,26,31H,5-8,15-19,36H2,1-2H3/t23-,26-,31-/m1/s1. The lowest BCUT2D eigenvalue weighted by Gasteiger charge is -2.40. The second-order valence-corrected chi connectivity index (χ2v) is 13.7. The van der Waals surface area contributed by atoms with Crippen molar-refractivity contribution in [1.82, 2.24) is 34.0 Å². The van der Waals surface area contributed by atoms with Gasteiger partial charge in [-0.15, -0.1) is 0 Å². The van der Waals surface area contributed by atoms with Gasteiger partial charge in [0.15, 0.2) is 5.82 Å². The van der Waals surface area contributed by atoms with Gasteiger partial charge in [-0.1, -0.05) is 0 Å². The molecule has 12 nitrogen and oxygen atoms in total. The highest BCUT2D eigenvalue weighted by atomic mass is 16.5.